The van der Waals surface area contributed by atoms with Crippen LogP contribution in [0, 0.1) is 6.92 Å². The van der Waals surface area contributed by atoms with E-state index in [-0.39, 0.29) is 5.91 Å². The summed E-state index contributed by atoms with van der Waals surface area (Å²) >= 11 is 0. The molecule has 1 unspecified atom stereocenters. The molecule has 0 fully saturated rings. The van der Waals surface area contributed by atoms with Crippen molar-refractivity contribution in [2.24, 2.45) is 0 Å². The van der Waals surface area contributed by atoms with Crippen LogP contribution in [0.5, 0.6) is 5.75 Å². The van der Waals surface area contributed by atoms with Crippen molar-refractivity contribution in [3.05, 3.63) is 70.1 Å². The Hall–Kier alpha value is -3.61. The summed E-state index contributed by atoms with van der Waals surface area (Å²) in [4.78, 5) is 35.8. The SMILES string of the molecule is CCCOC(=O)c1ccc(NC(=O)C(C)Oc2ccc3c(C)cc(=O)oc3c2)cc1. The van der Waals surface area contributed by atoms with Gasteiger partial charge in [0, 0.05) is 23.2 Å². The van der Waals surface area contributed by atoms with Crippen LogP contribution < -0.4 is 15.7 Å². The first-order valence-electron chi connectivity index (χ1n) is 9.66. The molecule has 0 saturated carbocycles. The number of esters is 1. The van der Waals surface area contributed by atoms with Crippen LogP contribution >= 0.6 is 0 Å². The Labute approximate surface area is 173 Å². The van der Waals surface area contributed by atoms with Gasteiger partial charge in [-0.3, -0.25) is 4.79 Å². The maximum absolute atomic E-state index is 12.4. The molecule has 0 spiro atoms. The lowest BCUT2D eigenvalue weighted by Crippen LogP contribution is -2.30. The first-order chi connectivity index (χ1) is 14.4. The van der Waals surface area contributed by atoms with E-state index in [1.54, 1.807) is 49.4 Å². The van der Waals surface area contributed by atoms with Gasteiger partial charge in [0.05, 0.1) is 12.2 Å². The number of nitrogens with one attached hydrogen (secondary N) is 1. The van der Waals surface area contributed by atoms with Gasteiger partial charge in [-0.15, -0.1) is 0 Å². The number of carbonyl (C=O) groups is 2. The molecule has 156 valence electrons. The van der Waals surface area contributed by atoms with Crippen LogP contribution in [0.15, 0.2) is 57.7 Å². The van der Waals surface area contributed by atoms with E-state index in [4.69, 9.17) is 13.9 Å². The van der Waals surface area contributed by atoms with Crippen LogP contribution in [0.25, 0.3) is 11.0 Å². The van der Waals surface area contributed by atoms with Gasteiger partial charge in [0.25, 0.3) is 5.91 Å². The Balaban J connectivity index is 1.64. The van der Waals surface area contributed by atoms with Crippen molar-refractivity contribution >= 4 is 28.5 Å². The topological polar surface area (TPSA) is 94.8 Å². The average molecular weight is 409 g/mol. The van der Waals surface area contributed by atoms with Crippen molar-refractivity contribution in [1.29, 1.82) is 0 Å². The molecular formula is C23H23NO6. The maximum atomic E-state index is 12.4. The van der Waals surface area contributed by atoms with E-state index in [2.05, 4.69) is 5.32 Å². The van der Waals surface area contributed by atoms with Crippen LogP contribution in [0.1, 0.15) is 36.2 Å². The molecule has 30 heavy (non-hydrogen) atoms. The molecule has 0 aliphatic rings. The minimum absolute atomic E-state index is 0.359. The molecule has 0 radical (unpaired) electrons. The highest BCUT2D eigenvalue weighted by Crippen LogP contribution is 2.23. The zero-order valence-electron chi connectivity index (χ0n) is 17.1. The molecule has 0 saturated heterocycles. The monoisotopic (exact) mass is 409 g/mol. The zero-order valence-corrected chi connectivity index (χ0v) is 17.1. The lowest BCUT2D eigenvalue weighted by atomic mass is 10.1. The molecule has 1 heterocycles. The molecule has 7 heteroatoms. The van der Waals surface area contributed by atoms with Gasteiger partial charge in [0.2, 0.25) is 0 Å². The van der Waals surface area contributed by atoms with Crippen LogP contribution in [-0.4, -0.2) is 24.6 Å². The van der Waals surface area contributed by atoms with Gasteiger partial charge in [-0.05, 0) is 62.2 Å². The van der Waals surface area contributed by atoms with Gasteiger partial charge in [-0.25, -0.2) is 9.59 Å². The first kappa shape index (κ1) is 21.1. The molecule has 0 aliphatic carbocycles. The normalized spacial score (nSPS) is 11.7. The Morgan fingerprint density at radius 1 is 1.10 bits per heavy atom. The fourth-order valence-electron chi connectivity index (χ4n) is 2.85. The zero-order chi connectivity index (χ0) is 21.7. The van der Waals surface area contributed by atoms with Gasteiger partial charge in [-0.1, -0.05) is 6.92 Å². The van der Waals surface area contributed by atoms with Crippen molar-refractivity contribution in [3.8, 4) is 5.75 Å². The van der Waals surface area contributed by atoms with E-state index in [0.717, 1.165) is 17.4 Å². The minimum Gasteiger partial charge on any atom is -0.481 e. The lowest BCUT2D eigenvalue weighted by Gasteiger charge is -2.15. The highest BCUT2D eigenvalue weighted by Gasteiger charge is 2.16. The number of anilines is 1. The summed E-state index contributed by atoms with van der Waals surface area (Å²) in [6.45, 7) is 5.72. The standard InChI is InChI=1S/C23H23NO6/c1-4-11-28-23(27)16-5-7-17(8-6-16)24-22(26)15(3)29-18-9-10-19-14(2)12-21(25)30-20(19)13-18/h5-10,12-13,15H,4,11H2,1-3H3,(H,24,26). The van der Waals surface area contributed by atoms with E-state index < -0.39 is 17.7 Å². The smallest absolute Gasteiger partial charge is 0.338 e. The molecule has 0 aliphatic heterocycles. The Morgan fingerprint density at radius 2 is 1.83 bits per heavy atom. The number of fused-ring (bicyclic) bond motifs is 1. The van der Waals surface area contributed by atoms with Crippen molar-refractivity contribution in [2.45, 2.75) is 33.3 Å². The molecule has 3 aromatic rings. The van der Waals surface area contributed by atoms with Crippen molar-refractivity contribution in [2.75, 3.05) is 11.9 Å². The first-order valence-corrected chi connectivity index (χ1v) is 9.66. The Bertz CT molecular complexity index is 1120. The van der Waals surface area contributed by atoms with Gasteiger partial charge >= 0.3 is 11.6 Å². The van der Waals surface area contributed by atoms with Crippen LogP contribution in [0.3, 0.4) is 0 Å². The molecule has 1 N–H and O–H groups in total. The Kier molecular flexibility index (Phi) is 6.51. The molecule has 0 bridgehead atoms. The third-order valence-corrected chi connectivity index (χ3v) is 4.43. The lowest BCUT2D eigenvalue weighted by molar-refractivity contribution is -0.122. The summed E-state index contributed by atoms with van der Waals surface area (Å²) in [5, 5.41) is 3.54. The summed E-state index contributed by atoms with van der Waals surface area (Å²) in [6, 6.07) is 12.9. The summed E-state index contributed by atoms with van der Waals surface area (Å²) in [5.74, 6) is -0.348. The minimum atomic E-state index is -0.798. The molecule has 3 rings (SSSR count). The Morgan fingerprint density at radius 3 is 2.53 bits per heavy atom. The van der Waals surface area contributed by atoms with E-state index in [9.17, 15) is 14.4 Å². The second-order valence-corrected chi connectivity index (χ2v) is 6.87. The van der Waals surface area contributed by atoms with Crippen LogP contribution in [-0.2, 0) is 9.53 Å². The van der Waals surface area contributed by atoms with E-state index >= 15 is 0 Å². The number of benzene rings is 2. The molecule has 1 amide bonds. The summed E-state index contributed by atoms with van der Waals surface area (Å²) < 4.78 is 16.0. The van der Waals surface area contributed by atoms with Crippen molar-refractivity contribution < 1.29 is 23.5 Å². The number of aryl methyl sites for hydroxylation is 1. The van der Waals surface area contributed by atoms with E-state index in [1.807, 2.05) is 13.8 Å². The van der Waals surface area contributed by atoms with E-state index in [1.165, 1.54) is 6.07 Å². The number of amides is 1. The number of ether oxygens (including phenoxy) is 2. The quantitative estimate of drug-likeness (QED) is 0.467. The van der Waals surface area contributed by atoms with Gasteiger partial charge in [0.1, 0.15) is 11.3 Å². The number of hydrogen-bond acceptors (Lipinski definition) is 6. The molecule has 2 aromatic carbocycles. The summed E-state index contributed by atoms with van der Waals surface area (Å²) in [5.41, 5.74) is 1.71. The van der Waals surface area contributed by atoms with Gasteiger partial charge in [-0.2, -0.15) is 0 Å². The fraction of sp³-hybridized carbons (Fsp3) is 0.261. The molecule has 1 aromatic heterocycles. The largest absolute Gasteiger partial charge is 0.481 e. The highest BCUT2D eigenvalue weighted by atomic mass is 16.5. The summed E-state index contributed by atoms with van der Waals surface area (Å²) in [7, 11) is 0. The highest BCUT2D eigenvalue weighted by molar-refractivity contribution is 5.95. The summed E-state index contributed by atoms with van der Waals surface area (Å²) in [6.07, 6.45) is -0.0473. The van der Waals surface area contributed by atoms with E-state index in [0.29, 0.717) is 29.2 Å². The van der Waals surface area contributed by atoms with Crippen molar-refractivity contribution in [1.82, 2.24) is 0 Å². The number of hydrogen-bond donors (Lipinski definition) is 1. The molecular weight excluding hydrogens is 386 g/mol. The number of rotatable bonds is 7. The third kappa shape index (κ3) is 5.05. The van der Waals surface area contributed by atoms with Crippen LogP contribution in [0.2, 0.25) is 0 Å². The second kappa shape index (κ2) is 9.26. The predicted octanol–water partition coefficient (Wildman–Crippen LogP) is 4.07. The molecule has 7 nitrogen and oxygen atoms in total. The average Bonchev–Trinajstić information content (AvgIpc) is 2.72. The van der Waals surface area contributed by atoms with Crippen LogP contribution in [0.4, 0.5) is 5.69 Å². The molecule has 1 atom stereocenters. The van der Waals surface area contributed by atoms with Crippen molar-refractivity contribution in [3.63, 3.8) is 0 Å². The van der Waals surface area contributed by atoms with Gasteiger partial charge in [0.15, 0.2) is 6.10 Å². The third-order valence-electron chi connectivity index (χ3n) is 4.43. The maximum Gasteiger partial charge on any atom is 0.338 e. The number of carbonyl (C=O) groups excluding carboxylic acids is 2. The second-order valence-electron chi connectivity index (χ2n) is 6.87. The predicted molar refractivity (Wildman–Crippen MR) is 113 cm³/mol. The fourth-order valence-corrected chi connectivity index (χ4v) is 2.85. The van der Waals surface area contributed by atoms with Gasteiger partial charge < -0.3 is 19.2 Å².